The molecule has 0 unspecified atom stereocenters. The first-order chi connectivity index (χ1) is 11.9. The Bertz CT molecular complexity index is 567. The molecule has 0 saturated heterocycles. The maximum Gasteiger partial charge on any atom is 0.306 e. The van der Waals surface area contributed by atoms with Crippen molar-refractivity contribution in [3.8, 4) is 0 Å². The second kappa shape index (κ2) is 11.2. The highest BCUT2D eigenvalue weighted by molar-refractivity contribution is 5.92. The van der Waals surface area contributed by atoms with Gasteiger partial charge in [0.1, 0.15) is 0 Å². The van der Waals surface area contributed by atoms with Gasteiger partial charge in [0.05, 0.1) is 0 Å². The number of anilines is 1. The minimum atomic E-state index is -0.384. The fraction of sp³-hybridized carbons (Fsp3) is 0.526. The van der Waals surface area contributed by atoms with E-state index < -0.39 is 0 Å². The highest BCUT2D eigenvalue weighted by Gasteiger charge is 2.08. The molecule has 1 aromatic carbocycles. The van der Waals surface area contributed by atoms with E-state index in [9.17, 15) is 14.4 Å². The first-order valence-corrected chi connectivity index (χ1v) is 8.68. The number of hydrogen-bond donors (Lipinski definition) is 2. The summed E-state index contributed by atoms with van der Waals surface area (Å²) in [4.78, 5) is 34.1. The van der Waals surface area contributed by atoms with Gasteiger partial charge in [0, 0.05) is 25.6 Å². The number of benzene rings is 1. The van der Waals surface area contributed by atoms with E-state index in [4.69, 9.17) is 4.74 Å². The van der Waals surface area contributed by atoms with Crippen molar-refractivity contribution in [1.82, 2.24) is 5.32 Å². The molecular weight excluding hydrogens is 320 g/mol. The van der Waals surface area contributed by atoms with E-state index in [0.717, 1.165) is 12.8 Å². The van der Waals surface area contributed by atoms with Crippen LogP contribution in [-0.4, -0.2) is 30.9 Å². The third kappa shape index (κ3) is 9.49. The largest absolute Gasteiger partial charge is 0.456 e. The van der Waals surface area contributed by atoms with Gasteiger partial charge >= 0.3 is 5.97 Å². The Morgan fingerprint density at radius 2 is 1.72 bits per heavy atom. The maximum atomic E-state index is 11.8. The quantitative estimate of drug-likeness (QED) is 0.503. The van der Waals surface area contributed by atoms with Crippen molar-refractivity contribution in [3.05, 3.63) is 29.8 Å². The van der Waals surface area contributed by atoms with Crippen molar-refractivity contribution in [2.45, 2.75) is 52.4 Å². The van der Waals surface area contributed by atoms with Crippen molar-refractivity contribution in [3.63, 3.8) is 0 Å². The van der Waals surface area contributed by atoms with E-state index in [1.165, 1.54) is 12.5 Å². The van der Waals surface area contributed by atoms with Crippen LogP contribution in [0.1, 0.15) is 57.9 Å². The molecular formula is C19H28N2O4. The number of esters is 1. The maximum absolute atomic E-state index is 11.8. The van der Waals surface area contributed by atoms with Crippen LogP contribution in [0.25, 0.3) is 0 Å². The minimum absolute atomic E-state index is 0.0516. The zero-order valence-electron chi connectivity index (χ0n) is 15.3. The lowest BCUT2D eigenvalue weighted by Crippen LogP contribution is -2.21. The van der Waals surface area contributed by atoms with E-state index in [0.29, 0.717) is 24.6 Å². The summed E-state index contributed by atoms with van der Waals surface area (Å²) in [7, 11) is 0. The molecule has 6 heteroatoms. The van der Waals surface area contributed by atoms with Crippen LogP contribution in [0.5, 0.6) is 0 Å². The lowest BCUT2D eigenvalue weighted by atomic mass is 10.0. The van der Waals surface area contributed by atoms with Crippen LogP contribution >= 0.6 is 0 Å². The SMILES string of the molecule is CC(=O)NCCCCCC(=O)OCC(=O)Nc1ccc(C(C)C)cc1. The van der Waals surface area contributed by atoms with E-state index in [1.54, 1.807) is 0 Å². The molecule has 0 bridgehead atoms. The first-order valence-electron chi connectivity index (χ1n) is 8.68. The van der Waals surface area contributed by atoms with E-state index in [1.807, 2.05) is 24.3 Å². The Balaban J connectivity index is 2.16. The van der Waals surface area contributed by atoms with Crippen LogP contribution in [0, 0.1) is 0 Å². The molecule has 0 atom stereocenters. The van der Waals surface area contributed by atoms with Gasteiger partial charge in [0.25, 0.3) is 5.91 Å². The fourth-order valence-electron chi connectivity index (χ4n) is 2.20. The number of hydrogen-bond acceptors (Lipinski definition) is 4. The number of carbonyl (C=O) groups is 3. The predicted molar refractivity (Wildman–Crippen MR) is 97.3 cm³/mol. The Morgan fingerprint density at radius 1 is 1.04 bits per heavy atom. The Kier molecular flexibility index (Phi) is 9.29. The predicted octanol–water partition coefficient (Wildman–Crippen LogP) is 2.99. The van der Waals surface area contributed by atoms with Gasteiger partial charge in [-0.1, -0.05) is 32.4 Å². The number of rotatable bonds is 10. The monoisotopic (exact) mass is 348 g/mol. The Labute approximate surface area is 149 Å². The fourth-order valence-corrected chi connectivity index (χ4v) is 2.20. The summed E-state index contributed by atoms with van der Waals surface area (Å²) in [5.41, 5.74) is 1.88. The van der Waals surface area contributed by atoms with E-state index in [-0.39, 0.29) is 30.8 Å². The Hall–Kier alpha value is -2.37. The minimum Gasteiger partial charge on any atom is -0.456 e. The summed E-state index contributed by atoms with van der Waals surface area (Å²) in [6, 6.07) is 7.61. The smallest absolute Gasteiger partial charge is 0.306 e. The average molecular weight is 348 g/mol. The molecule has 1 aromatic rings. The summed E-state index contributed by atoms with van der Waals surface area (Å²) >= 11 is 0. The molecule has 138 valence electrons. The topological polar surface area (TPSA) is 84.5 Å². The van der Waals surface area contributed by atoms with E-state index >= 15 is 0 Å². The van der Waals surface area contributed by atoms with Crippen molar-refractivity contribution >= 4 is 23.5 Å². The van der Waals surface area contributed by atoms with Crippen molar-refractivity contribution in [1.29, 1.82) is 0 Å². The number of nitrogens with one attached hydrogen (secondary N) is 2. The number of amides is 2. The number of carbonyl (C=O) groups excluding carboxylic acids is 3. The van der Waals surface area contributed by atoms with Crippen LogP contribution < -0.4 is 10.6 Å². The van der Waals surface area contributed by atoms with Gasteiger partial charge in [-0.25, -0.2) is 0 Å². The van der Waals surface area contributed by atoms with Gasteiger partial charge in [-0.15, -0.1) is 0 Å². The van der Waals surface area contributed by atoms with Crippen molar-refractivity contribution in [2.75, 3.05) is 18.5 Å². The van der Waals surface area contributed by atoms with Crippen LogP contribution in [0.3, 0.4) is 0 Å². The van der Waals surface area contributed by atoms with Crippen LogP contribution in [-0.2, 0) is 19.1 Å². The van der Waals surface area contributed by atoms with Gasteiger partial charge < -0.3 is 15.4 Å². The average Bonchev–Trinajstić information content (AvgIpc) is 2.56. The molecule has 0 aromatic heterocycles. The normalized spacial score (nSPS) is 10.4. The van der Waals surface area contributed by atoms with Gasteiger partial charge in [0.2, 0.25) is 5.91 Å². The summed E-state index contributed by atoms with van der Waals surface area (Å²) in [5, 5.41) is 5.40. The molecule has 2 N–H and O–H groups in total. The van der Waals surface area contributed by atoms with Gasteiger partial charge in [0.15, 0.2) is 6.61 Å². The molecule has 0 fully saturated rings. The zero-order chi connectivity index (χ0) is 18.7. The summed E-state index contributed by atoms with van der Waals surface area (Å²) in [5.74, 6) is -0.352. The first kappa shape index (κ1) is 20.7. The molecule has 0 radical (unpaired) electrons. The Morgan fingerprint density at radius 3 is 2.32 bits per heavy atom. The van der Waals surface area contributed by atoms with Crippen molar-refractivity contribution < 1.29 is 19.1 Å². The molecule has 0 saturated carbocycles. The molecule has 0 aliphatic carbocycles. The molecule has 0 heterocycles. The number of ether oxygens (including phenoxy) is 1. The molecule has 0 aliphatic heterocycles. The van der Waals surface area contributed by atoms with Gasteiger partial charge in [-0.05, 0) is 36.5 Å². The summed E-state index contributed by atoms with van der Waals surface area (Å²) < 4.78 is 4.96. The van der Waals surface area contributed by atoms with Gasteiger partial charge in [-0.3, -0.25) is 14.4 Å². The second-order valence-electron chi connectivity index (χ2n) is 6.28. The van der Waals surface area contributed by atoms with Crippen LogP contribution in [0.15, 0.2) is 24.3 Å². The second-order valence-corrected chi connectivity index (χ2v) is 6.28. The van der Waals surface area contributed by atoms with Crippen LogP contribution in [0.4, 0.5) is 5.69 Å². The zero-order valence-corrected chi connectivity index (χ0v) is 15.3. The standard InChI is InChI=1S/C19H28N2O4/c1-14(2)16-8-10-17(11-9-16)21-18(23)13-25-19(24)7-5-4-6-12-20-15(3)22/h8-11,14H,4-7,12-13H2,1-3H3,(H,20,22)(H,21,23). The molecule has 6 nitrogen and oxygen atoms in total. The lowest BCUT2D eigenvalue weighted by Gasteiger charge is -2.09. The number of unbranched alkanes of at least 4 members (excludes halogenated alkanes) is 2. The highest BCUT2D eigenvalue weighted by atomic mass is 16.5. The third-order valence-electron chi connectivity index (χ3n) is 3.66. The van der Waals surface area contributed by atoms with E-state index in [2.05, 4.69) is 24.5 Å². The molecule has 0 spiro atoms. The summed E-state index contributed by atoms with van der Waals surface area (Å²) in [6.45, 7) is 6.01. The van der Waals surface area contributed by atoms with Crippen LogP contribution in [0.2, 0.25) is 0 Å². The highest BCUT2D eigenvalue weighted by Crippen LogP contribution is 2.17. The molecule has 1 rings (SSSR count). The lowest BCUT2D eigenvalue weighted by molar-refractivity contribution is -0.147. The molecule has 0 aliphatic rings. The summed E-state index contributed by atoms with van der Waals surface area (Å²) in [6.07, 6.45) is 2.59. The van der Waals surface area contributed by atoms with Gasteiger partial charge in [-0.2, -0.15) is 0 Å². The van der Waals surface area contributed by atoms with Crippen molar-refractivity contribution in [2.24, 2.45) is 0 Å². The third-order valence-corrected chi connectivity index (χ3v) is 3.66. The molecule has 25 heavy (non-hydrogen) atoms. The molecule has 2 amide bonds.